The number of nitrogens with one attached hydrogen (secondary N) is 1. The molecule has 0 bridgehead atoms. The van der Waals surface area contributed by atoms with Crippen LogP contribution < -0.4 is 14.8 Å². The second-order valence-electron chi connectivity index (χ2n) is 4.84. The van der Waals surface area contributed by atoms with E-state index in [1.165, 1.54) is 0 Å². The third-order valence-electron chi connectivity index (χ3n) is 3.67. The highest BCUT2D eigenvalue weighted by Gasteiger charge is 2.16. The quantitative estimate of drug-likeness (QED) is 0.786. The summed E-state index contributed by atoms with van der Waals surface area (Å²) in [6, 6.07) is 3.74. The zero-order valence-corrected chi connectivity index (χ0v) is 12.1. The molecule has 0 aliphatic carbocycles. The van der Waals surface area contributed by atoms with Crippen molar-refractivity contribution in [1.29, 1.82) is 0 Å². The molecule has 0 atom stereocenters. The number of rotatable bonds is 6. The molecule has 1 N–H and O–H groups in total. The Labute approximate surface area is 119 Å². The molecule has 5 heteroatoms. The van der Waals surface area contributed by atoms with Crippen LogP contribution in [0.5, 0.6) is 11.5 Å². The molecule has 0 aromatic heterocycles. The third kappa shape index (κ3) is 3.29. The number of hydrogen-bond donors (Lipinski definition) is 1. The predicted molar refractivity (Wildman–Crippen MR) is 77.9 cm³/mol. The molecule has 1 saturated heterocycles. The summed E-state index contributed by atoms with van der Waals surface area (Å²) >= 11 is 0. The first-order valence-corrected chi connectivity index (χ1v) is 6.92. The highest BCUT2D eigenvalue weighted by Crippen LogP contribution is 2.34. The van der Waals surface area contributed by atoms with Crippen molar-refractivity contribution in [1.82, 2.24) is 10.2 Å². The Morgan fingerprint density at radius 1 is 1.20 bits per heavy atom. The van der Waals surface area contributed by atoms with E-state index in [-0.39, 0.29) is 0 Å². The van der Waals surface area contributed by atoms with Gasteiger partial charge in [-0.1, -0.05) is 6.07 Å². The van der Waals surface area contributed by atoms with Crippen molar-refractivity contribution < 1.29 is 14.3 Å². The minimum Gasteiger partial charge on any atom is -0.493 e. The van der Waals surface area contributed by atoms with E-state index in [2.05, 4.69) is 10.2 Å². The maximum absolute atomic E-state index is 11.0. The van der Waals surface area contributed by atoms with Gasteiger partial charge >= 0.3 is 0 Å². The van der Waals surface area contributed by atoms with Gasteiger partial charge in [-0.15, -0.1) is 0 Å². The van der Waals surface area contributed by atoms with Gasteiger partial charge in [-0.25, -0.2) is 0 Å². The molecule has 1 aliphatic heterocycles. The van der Waals surface area contributed by atoms with E-state index in [9.17, 15) is 4.79 Å². The van der Waals surface area contributed by atoms with Crippen molar-refractivity contribution in [3.05, 3.63) is 23.3 Å². The summed E-state index contributed by atoms with van der Waals surface area (Å²) in [5, 5.41) is 3.34. The third-order valence-corrected chi connectivity index (χ3v) is 3.67. The fourth-order valence-electron chi connectivity index (χ4n) is 2.56. The monoisotopic (exact) mass is 278 g/mol. The van der Waals surface area contributed by atoms with Crippen molar-refractivity contribution in [3.8, 4) is 11.5 Å². The van der Waals surface area contributed by atoms with Gasteiger partial charge in [0.2, 0.25) is 0 Å². The van der Waals surface area contributed by atoms with Crippen LogP contribution in [0.15, 0.2) is 12.1 Å². The lowest BCUT2D eigenvalue weighted by atomic mass is 10.1. The van der Waals surface area contributed by atoms with Crippen molar-refractivity contribution in [2.24, 2.45) is 0 Å². The van der Waals surface area contributed by atoms with Crippen molar-refractivity contribution in [2.75, 3.05) is 46.9 Å². The molecule has 1 aromatic rings. The summed E-state index contributed by atoms with van der Waals surface area (Å²) in [4.78, 5) is 13.4. The molecule has 0 amide bonds. The van der Waals surface area contributed by atoms with Gasteiger partial charge < -0.3 is 19.7 Å². The Kier molecular flexibility index (Phi) is 5.38. The fourth-order valence-corrected chi connectivity index (χ4v) is 2.56. The Bertz CT molecular complexity index is 457. The Balaban J connectivity index is 2.12. The number of carbonyl (C=O) groups is 1. The number of ether oxygens (including phenoxy) is 2. The van der Waals surface area contributed by atoms with E-state index < -0.39 is 0 Å². The summed E-state index contributed by atoms with van der Waals surface area (Å²) in [7, 11) is 3.17. The molecule has 0 unspecified atom stereocenters. The van der Waals surface area contributed by atoms with E-state index in [1.54, 1.807) is 20.3 Å². The van der Waals surface area contributed by atoms with Crippen molar-refractivity contribution in [2.45, 2.75) is 6.42 Å². The number of benzene rings is 1. The van der Waals surface area contributed by atoms with Gasteiger partial charge in [0.15, 0.2) is 17.8 Å². The molecule has 0 spiro atoms. The number of hydrogen-bond acceptors (Lipinski definition) is 5. The lowest BCUT2D eigenvalue weighted by Gasteiger charge is -2.27. The van der Waals surface area contributed by atoms with Gasteiger partial charge in [0.25, 0.3) is 0 Å². The summed E-state index contributed by atoms with van der Waals surface area (Å²) in [5.41, 5.74) is 1.60. The van der Waals surface area contributed by atoms with Crippen LogP contribution >= 0.6 is 0 Å². The van der Waals surface area contributed by atoms with Gasteiger partial charge in [0.1, 0.15) is 0 Å². The van der Waals surface area contributed by atoms with E-state index in [0.29, 0.717) is 17.1 Å². The molecule has 110 valence electrons. The van der Waals surface area contributed by atoms with E-state index >= 15 is 0 Å². The standard InChI is InChI=1S/C15H22N2O3/c1-19-14-12(3-4-13(11-18)15(14)20-2)5-8-17-9-6-16-7-10-17/h3-4,11,16H,5-10H2,1-2H3. The smallest absolute Gasteiger partial charge is 0.171 e. The number of methoxy groups -OCH3 is 2. The summed E-state index contributed by atoms with van der Waals surface area (Å²) < 4.78 is 10.7. The van der Waals surface area contributed by atoms with E-state index in [1.807, 2.05) is 6.07 Å². The first-order chi connectivity index (χ1) is 9.80. The molecule has 1 aromatic carbocycles. The molecule has 20 heavy (non-hydrogen) atoms. The maximum atomic E-state index is 11.0. The van der Waals surface area contributed by atoms with Gasteiger partial charge in [0, 0.05) is 32.7 Å². The lowest BCUT2D eigenvalue weighted by molar-refractivity contribution is 0.112. The van der Waals surface area contributed by atoms with Crippen LogP contribution in [0.3, 0.4) is 0 Å². The molecule has 0 saturated carbocycles. The van der Waals surface area contributed by atoms with Crippen LogP contribution in [0, 0.1) is 0 Å². The van der Waals surface area contributed by atoms with E-state index in [4.69, 9.17) is 9.47 Å². The topological polar surface area (TPSA) is 50.8 Å². The number of piperazine rings is 1. The SMILES string of the molecule is COc1c(C=O)ccc(CCN2CCNCC2)c1OC. The molecule has 1 aliphatic rings. The highest BCUT2D eigenvalue weighted by atomic mass is 16.5. The average molecular weight is 278 g/mol. The first kappa shape index (κ1) is 14.8. The zero-order chi connectivity index (χ0) is 14.4. The molecule has 2 rings (SSSR count). The van der Waals surface area contributed by atoms with Crippen LogP contribution in [0.4, 0.5) is 0 Å². The minimum absolute atomic E-state index is 0.523. The number of aldehydes is 1. The zero-order valence-electron chi connectivity index (χ0n) is 12.1. The summed E-state index contributed by atoms with van der Waals surface area (Å²) in [6.45, 7) is 5.23. The first-order valence-electron chi connectivity index (χ1n) is 6.92. The van der Waals surface area contributed by atoms with Gasteiger partial charge in [0.05, 0.1) is 19.8 Å². The highest BCUT2D eigenvalue weighted by molar-refractivity contribution is 5.81. The molecule has 0 radical (unpaired) electrons. The molecule has 1 heterocycles. The van der Waals surface area contributed by atoms with Crippen molar-refractivity contribution in [3.63, 3.8) is 0 Å². The fraction of sp³-hybridized carbons (Fsp3) is 0.533. The van der Waals surface area contributed by atoms with Crippen LogP contribution in [0.2, 0.25) is 0 Å². The predicted octanol–water partition coefficient (Wildman–Crippen LogP) is 0.964. The van der Waals surface area contributed by atoms with Gasteiger partial charge in [-0.05, 0) is 18.1 Å². The Morgan fingerprint density at radius 2 is 1.90 bits per heavy atom. The van der Waals surface area contributed by atoms with Crippen molar-refractivity contribution >= 4 is 6.29 Å². The summed E-state index contributed by atoms with van der Waals surface area (Å²) in [5.74, 6) is 1.20. The molecular formula is C15H22N2O3. The lowest BCUT2D eigenvalue weighted by Crippen LogP contribution is -2.44. The Morgan fingerprint density at radius 3 is 2.50 bits per heavy atom. The van der Waals surface area contributed by atoms with Crippen LogP contribution in [0.25, 0.3) is 0 Å². The molecule has 5 nitrogen and oxygen atoms in total. The van der Waals surface area contributed by atoms with E-state index in [0.717, 1.165) is 51.0 Å². The number of nitrogens with zero attached hydrogens (tertiary/aromatic N) is 1. The maximum Gasteiger partial charge on any atom is 0.171 e. The molecular weight excluding hydrogens is 256 g/mol. The average Bonchev–Trinajstić information content (AvgIpc) is 2.52. The Hall–Kier alpha value is -1.59. The van der Waals surface area contributed by atoms with Crippen LogP contribution in [-0.2, 0) is 6.42 Å². The normalized spacial score (nSPS) is 15.9. The second kappa shape index (κ2) is 7.26. The van der Waals surface area contributed by atoms with Gasteiger partial charge in [-0.3, -0.25) is 4.79 Å². The summed E-state index contributed by atoms with van der Waals surface area (Å²) in [6.07, 6.45) is 1.68. The van der Waals surface area contributed by atoms with Crippen LogP contribution in [0.1, 0.15) is 15.9 Å². The second-order valence-corrected chi connectivity index (χ2v) is 4.84. The minimum atomic E-state index is 0.523. The largest absolute Gasteiger partial charge is 0.493 e. The van der Waals surface area contributed by atoms with Crippen LogP contribution in [-0.4, -0.2) is 58.1 Å². The van der Waals surface area contributed by atoms with Gasteiger partial charge in [-0.2, -0.15) is 0 Å². The molecule has 1 fully saturated rings. The number of carbonyl (C=O) groups excluding carboxylic acids is 1.